The van der Waals surface area contributed by atoms with E-state index in [-0.39, 0.29) is 11.8 Å². The summed E-state index contributed by atoms with van der Waals surface area (Å²) < 4.78 is 0. The second-order valence-electron chi connectivity index (χ2n) is 4.34. The average Bonchev–Trinajstić information content (AvgIpc) is 2.37. The van der Waals surface area contributed by atoms with E-state index in [1.807, 2.05) is 13.8 Å². The van der Waals surface area contributed by atoms with E-state index in [2.05, 4.69) is 5.32 Å². The number of carbonyl (C=O) groups is 3. The molecule has 2 amide bonds. The van der Waals surface area contributed by atoms with Gasteiger partial charge in [-0.05, 0) is 26.0 Å². The minimum atomic E-state index is -1.04. The lowest BCUT2D eigenvalue weighted by molar-refractivity contribution is -0.140. The number of hydrogen-bond donors (Lipinski definition) is 2. The van der Waals surface area contributed by atoms with E-state index in [1.54, 1.807) is 4.90 Å². The van der Waals surface area contributed by atoms with Gasteiger partial charge in [-0.1, -0.05) is 0 Å². The lowest BCUT2D eigenvalue weighted by Crippen LogP contribution is -2.41. The second kappa shape index (κ2) is 10.5. The van der Waals surface area contributed by atoms with Crippen LogP contribution in [0, 0.1) is 0 Å². The molecule has 0 unspecified atom stereocenters. The molecule has 0 saturated carbocycles. The number of nitrogens with zero attached hydrogens (tertiary/aromatic N) is 1. The molecule has 0 saturated heterocycles. The van der Waals surface area contributed by atoms with Crippen LogP contribution in [-0.4, -0.2) is 58.4 Å². The number of carboxylic acids is 1. The van der Waals surface area contributed by atoms with Crippen molar-refractivity contribution in [3.05, 3.63) is 0 Å². The third-order valence-corrected chi connectivity index (χ3v) is 3.90. The zero-order valence-electron chi connectivity index (χ0n) is 12.3. The quantitative estimate of drug-likeness (QED) is 0.587. The maximum Gasteiger partial charge on any atom is 0.327 e. The van der Waals surface area contributed by atoms with E-state index >= 15 is 0 Å². The standard InChI is InChI=1S/C13H24N2O4S/c1-4-15(5-2)12(17)7-6-8-20-9-11(13(18)19)14-10(3)16/h11H,4-9H2,1-3H3,(H,14,16)(H,18,19)/t11-/m0/s1. The number of carbonyl (C=O) groups excluding carboxylic acids is 2. The Labute approximate surface area is 124 Å². The first-order chi connectivity index (χ1) is 9.42. The van der Waals surface area contributed by atoms with E-state index in [1.165, 1.54) is 18.7 Å². The van der Waals surface area contributed by atoms with Crippen molar-refractivity contribution in [1.82, 2.24) is 10.2 Å². The fraction of sp³-hybridized carbons (Fsp3) is 0.769. The van der Waals surface area contributed by atoms with Gasteiger partial charge < -0.3 is 15.3 Å². The number of rotatable bonds is 10. The van der Waals surface area contributed by atoms with Crippen LogP contribution in [0.15, 0.2) is 0 Å². The Bertz CT molecular complexity index is 332. The molecular weight excluding hydrogens is 280 g/mol. The number of nitrogens with one attached hydrogen (secondary N) is 1. The molecule has 0 radical (unpaired) electrons. The fourth-order valence-corrected chi connectivity index (χ4v) is 2.66. The van der Waals surface area contributed by atoms with Gasteiger partial charge in [-0.15, -0.1) is 0 Å². The van der Waals surface area contributed by atoms with Crippen molar-refractivity contribution in [2.75, 3.05) is 24.6 Å². The molecule has 0 aliphatic rings. The van der Waals surface area contributed by atoms with Gasteiger partial charge in [-0.3, -0.25) is 9.59 Å². The molecule has 1 atom stereocenters. The second-order valence-corrected chi connectivity index (χ2v) is 5.49. The molecule has 7 heteroatoms. The molecule has 0 fully saturated rings. The van der Waals surface area contributed by atoms with E-state index in [9.17, 15) is 14.4 Å². The molecule has 0 aromatic carbocycles. The number of aliphatic carboxylic acids is 1. The molecule has 6 nitrogen and oxygen atoms in total. The molecule has 20 heavy (non-hydrogen) atoms. The van der Waals surface area contributed by atoms with Crippen LogP contribution < -0.4 is 5.32 Å². The van der Waals surface area contributed by atoms with Crippen molar-refractivity contribution in [3.63, 3.8) is 0 Å². The monoisotopic (exact) mass is 304 g/mol. The Kier molecular flexibility index (Phi) is 9.88. The van der Waals surface area contributed by atoms with Crippen LogP contribution in [0.4, 0.5) is 0 Å². The van der Waals surface area contributed by atoms with Crippen molar-refractivity contribution in [2.45, 2.75) is 39.7 Å². The SMILES string of the molecule is CCN(CC)C(=O)CCCSC[C@H](NC(C)=O)C(=O)O. The first-order valence-corrected chi connectivity index (χ1v) is 7.93. The summed E-state index contributed by atoms with van der Waals surface area (Å²) in [5.41, 5.74) is 0. The van der Waals surface area contributed by atoms with Crippen LogP contribution in [0.5, 0.6) is 0 Å². The van der Waals surface area contributed by atoms with E-state index in [0.717, 1.165) is 0 Å². The van der Waals surface area contributed by atoms with Crippen molar-refractivity contribution >= 4 is 29.5 Å². The van der Waals surface area contributed by atoms with Crippen LogP contribution in [0.1, 0.15) is 33.6 Å². The summed E-state index contributed by atoms with van der Waals surface area (Å²) >= 11 is 1.43. The maximum absolute atomic E-state index is 11.7. The molecule has 0 heterocycles. The predicted molar refractivity (Wildman–Crippen MR) is 79.7 cm³/mol. The highest BCUT2D eigenvalue weighted by molar-refractivity contribution is 7.99. The number of carboxylic acid groups (broad SMARTS) is 1. The highest BCUT2D eigenvalue weighted by Crippen LogP contribution is 2.08. The first kappa shape index (κ1) is 18.8. The minimum absolute atomic E-state index is 0.132. The largest absolute Gasteiger partial charge is 0.480 e. The third kappa shape index (κ3) is 8.04. The molecular formula is C13H24N2O4S. The zero-order chi connectivity index (χ0) is 15.5. The van der Waals surface area contributed by atoms with Gasteiger partial charge in [0.15, 0.2) is 0 Å². The molecule has 0 bridgehead atoms. The van der Waals surface area contributed by atoms with Crippen molar-refractivity contribution in [3.8, 4) is 0 Å². The van der Waals surface area contributed by atoms with Crippen LogP contribution in [0.3, 0.4) is 0 Å². The smallest absolute Gasteiger partial charge is 0.327 e. The number of hydrogen-bond acceptors (Lipinski definition) is 4. The highest BCUT2D eigenvalue weighted by atomic mass is 32.2. The van der Waals surface area contributed by atoms with Crippen molar-refractivity contribution in [2.24, 2.45) is 0 Å². The highest BCUT2D eigenvalue weighted by Gasteiger charge is 2.18. The lowest BCUT2D eigenvalue weighted by Gasteiger charge is -2.18. The van der Waals surface area contributed by atoms with E-state index in [0.29, 0.717) is 37.4 Å². The summed E-state index contributed by atoms with van der Waals surface area (Å²) in [6, 6.07) is -0.865. The van der Waals surface area contributed by atoms with Crippen LogP contribution in [0.2, 0.25) is 0 Å². The van der Waals surface area contributed by atoms with Crippen LogP contribution in [-0.2, 0) is 14.4 Å². The molecule has 0 spiro atoms. The van der Waals surface area contributed by atoms with Gasteiger partial charge in [-0.25, -0.2) is 4.79 Å². The first-order valence-electron chi connectivity index (χ1n) is 6.77. The van der Waals surface area contributed by atoms with Gasteiger partial charge in [0.2, 0.25) is 11.8 Å². The Balaban J connectivity index is 3.86. The van der Waals surface area contributed by atoms with Crippen LogP contribution >= 0.6 is 11.8 Å². The normalized spacial score (nSPS) is 11.8. The fourth-order valence-electron chi connectivity index (χ4n) is 1.68. The number of amides is 2. The molecule has 0 aliphatic heterocycles. The zero-order valence-corrected chi connectivity index (χ0v) is 13.2. The predicted octanol–water partition coefficient (Wildman–Crippen LogP) is 0.957. The van der Waals surface area contributed by atoms with E-state index < -0.39 is 12.0 Å². The summed E-state index contributed by atoms with van der Waals surface area (Å²) in [6.07, 6.45) is 1.19. The van der Waals surface area contributed by atoms with Gasteiger partial charge in [0, 0.05) is 32.2 Å². The Morgan fingerprint density at radius 3 is 2.30 bits per heavy atom. The Morgan fingerprint density at radius 2 is 1.85 bits per heavy atom. The Morgan fingerprint density at radius 1 is 1.25 bits per heavy atom. The molecule has 0 rings (SSSR count). The summed E-state index contributed by atoms with van der Waals surface area (Å²) in [7, 11) is 0. The van der Waals surface area contributed by atoms with Crippen molar-refractivity contribution < 1.29 is 19.5 Å². The summed E-state index contributed by atoms with van der Waals surface area (Å²) in [5.74, 6) is -0.237. The van der Waals surface area contributed by atoms with Crippen LogP contribution in [0.25, 0.3) is 0 Å². The van der Waals surface area contributed by atoms with Gasteiger partial charge >= 0.3 is 5.97 Å². The van der Waals surface area contributed by atoms with Crippen molar-refractivity contribution in [1.29, 1.82) is 0 Å². The van der Waals surface area contributed by atoms with Gasteiger partial charge in [0.1, 0.15) is 6.04 Å². The molecule has 116 valence electrons. The molecule has 0 aromatic heterocycles. The topological polar surface area (TPSA) is 86.7 Å². The molecule has 0 aliphatic carbocycles. The van der Waals surface area contributed by atoms with Gasteiger partial charge in [0.25, 0.3) is 0 Å². The van der Waals surface area contributed by atoms with Gasteiger partial charge in [0.05, 0.1) is 0 Å². The maximum atomic E-state index is 11.7. The molecule has 0 aromatic rings. The summed E-state index contributed by atoms with van der Waals surface area (Å²) in [5, 5.41) is 11.3. The number of thioether (sulfide) groups is 1. The minimum Gasteiger partial charge on any atom is -0.480 e. The lowest BCUT2D eigenvalue weighted by atomic mass is 10.3. The Hall–Kier alpha value is -1.24. The summed E-state index contributed by atoms with van der Waals surface area (Å²) in [4.78, 5) is 35.2. The van der Waals surface area contributed by atoms with E-state index in [4.69, 9.17) is 5.11 Å². The third-order valence-electron chi connectivity index (χ3n) is 2.76. The van der Waals surface area contributed by atoms with Gasteiger partial charge in [-0.2, -0.15) is 11.8 Å². The molecule has 2 N–H and O–H groups in total. The summed E-state index contributed by atoms with van der Waals surface area (Å²) in [6.45, 7) is 6.61. The average molecular weight is 304 g/mol.